The minimum Gasteiger partial charge on any atom is -0.392 e. The van der Waals surface area contributed by atoms with Crippen LogP contribution in [-0.2, 0) is 0 Å². The molecule has 2 aliphatic rings. The minimum absolute atomic E-state index is 0.0359. The van der Waals surface area contributed by atoms with Crippen LogP contribution in [0, 0.1) is 11.8 Å². The van der Waals surface area contributed by atoms with Crippen molar-refractivity contribution in [1.82, 2.24) is 19.5 Å². The smallest absolute Gasteiger partial charge is 0.165 e. The second-order valence-electron chi connectivity index (χ2n) is 5.47. The quantitative estimate of drug-likeness (QED) is 0.658. The molecular formula is C13H15N5O2. The van der Waals surface area contributed by atoms with Crippen LogP contribution in [0.3, 0.4) is 0 Å². The van der Waals surface area contributed by atoms with Gasteiger partial charge in [0.2, 0.25) is 0 Å². The van der Waals surface area contributed by atoms with Crippen LogP contribution in [-0.4, -0.2) is 42.4 Å². The van der Waals surface area contributed by atoms with E-state index in [-0.39, 0.29) is 24.5 Å². The zero-order chi connectivity index (χ0) is 13.9. The van der Waals surface area contributed by atoms with Gasteiger partial charge < -0.3 is 20.5 Å². The Kier molecular flexibility index (Phi) is 2.36. The number of anilines is 1. The maximum atomic E-state index is 10.4. The third kappa shape index (κ3) is 1.39. The lowest BCUT2D eigenvalue weighted by Gasteiger charge is -2.28. The number of aliphatic hydroxyl groups excluding tert-OH is 2. The Morgan fingerprint density at radius 2 is 2.20 bits per heavy atom. The number of nitrogens with zero attached hydrogens (tertiary/aromatic N) is 4. The van der Waals surface area contributed by atoms with Crippen molar-refractivity contribution in [1.29, 1.82) is 0 Å². The molecule has 0 radical (unpaired) electrons. The van der Waals surface area contributed by atoms with Gasteiger partial charge in [0.25, 0.3) is 0 Å². The highest BCUT2D eigenvalue weighted by Crippen LogP contribution is 2.50. The number of fused-ring (bicyclic) bond motifs is 3. The monoisotopic (exact) mass is 273 g/mol. The highest BCUT2D eigenvalue weighted by Gasteiger charge is 2.48. The van der Waals surface area contributed by atoms with Crippen molar-refractivity contribution in [3.8, 4) is 0 Å². The lowest BCUT2D eigenvalue weighted by molar-refractivity contribution is 0.0977. The summed E-state index contributed by atoms with van der Waals surface area (Å²) in [4.78, 5) is 12.4. The zero-order valence-electron chi connectivity index (χ0n) is 10.7. The van der Waals surface area contributed by atoms with Gasteiger partial charge in [-0.3, -0.25) is 0 Å². The Hall–Kier alpha value is -1.99. The van der Waals surface area contributed by atoms with E-state index in [0.717, 1.165) is 12.0 Å². The lowest BCUT2D eigenvalue weighted by atomic mass is 9.91. The molecular weight excluding hydrogens is 258 g/mol. The van der Waals surface area contributed by atoms with E-state index in [0.29, 0.717) is 17.0 Å². The first-order valence-electron chi connectivity index (χ1n) is 6.63. The number of aliphatic hydroxyl groups is 2. The van der Waals surface area contributed by atoms with Gasteiger partial charge in [0.15, 0.2) is 11.5 Å². The van der Waals surface area contributed by atoms with E-state index in [1.54, 1.807) is 6.33 Å². The molecule has 2 heterocycles. The number of imidazole rings is 1. The van der Waals surface area contributed by atoms with Crippen molar-refractivity contribution < 1.29 is 10.2 Å². The fraction of sp³-hybridized carbons (Fsp3) is 0.462. The highest BCUT2D eigenvalue weighted by atomic mass is 16.3. The normalized spacial score (nSPS) is 32.0. The molecule has 2 aromatic heterocycles. The number of hydrogen-bond donors (Lipinski definition) is 3. The maximum absolute atomic E-state index is 10.4. The molecule has 4 atom stereocenters. The van der Waals surface area contributed by atoms with Crippen LogP contribution in [0.25, 0.3) is 11.2 Å². The standard InChI is InChI=1S/C13H15N5O2/c14-12-9-13(16-4-15-12)18(5-17-9)10-8-2-6(11(10)20)1-7(8)3-19/h1,4-6,8,10-11,19-20H,2-3H2,(H2,14,15,16)/t6-,8-,10-,11+/m1/s1. The summed E-state index contributed by atoms with van der Waals surface area (Å²) in [7, 11) is 0. The molecule has 0 saturated heterocycles. The van der Waals surface area contributed by atoms with E-state index < -0.39 is 6.10 Å². The molecule has 0 unspecified atom stereocenters. The molecule has 1 fully saturated rings. The number of aromatic nitrogens is 4. The Morgan fingerprint density at radius 3 is 2.95 bits per heavy atom. The van der Waals surface area contributed by atoms with Gasteiger partial charge in [-0.2, -0.15) is 0 Å². The molecule has 4 N–H and O–H groups in total. The van der Waals surface area contributed by atoms with Crippen molar-refractivity contribution in [2.24, 2.45) is 11.8 Å². The van der Waals surface area contributed by atoms with E-state index in [2.05, 4.69) is 15.0 Å². The second-order valence-corrected chi connectivity index (χ2v) is 5.47. The van der Waals surface area contributed by atoms with Crippen LogP contribution in [0.4, 0.5) is 5.82 Å². The fourth-order valence-corrected chi connectivity index (χ4v) is 3.62. The number of hydrogen-bond acceptors (Lipinski definition) is 6. The SMILES string of the molecule is Nc1ncnc2c1ncn2[C@H]1[C@@H](O)[C@@H]2C=C(CO)[C@H]1C2. The molecule has 0 spiro atoms. The topological polar surface area (TPSA) is 110 Å². The van der Waals surface area contributed by atoms with E-state index in [1.807, 2.05) is 10.6 Å². The third-order valence-corrected chi connectivity index (χ3v) is 4.52. The molecule has 1 saturated carbocycles. The summed E-state index contributed by atoms with van der Waals surface area (Å²) in [5, 5.41) is 19.9. The molecule has 4 rings (SSSR count). The van der Waals surface area contributed by atoms with E-state index in [4.69, 9.17) is 5.73 Å². The van der Waals surface area contributed by atoms with Crippen molar-refractivity contribution in [2.75, 3.05) is 12.3 Å². The van der Waals surface area contributed by atoms with Gasteiger partial charge in [-0.15, -0.1) is 0 Å². The van der Waals surface area contributed by atoms with Gasteiger partial charge in [-0.05, 0) is 12.0 Å². The third-order valence-electron chi connectivity index (χ3n) is 4.52. The summed E-state index contributed by atoms with van der Waals surface area (Å²) in [6.07, 6.45) is 5.43. The van der Waals surface area contributed by atoms with E-state index >= 15 is 0 Å². The first-order valence-corrected chi connectivity index (χ1v) is 6.63. The minimum atomic E-state index is -0.483. The maximum Gasteiger partial charge on any atom is 0.165 e. The Bertz CT molecular complexity index is 710. The molecule has 0 aliphatic heterocycles. The van der Waals surface area contributed by atoms with Crippen LogP contribution < -0.4 is 5.73 Å². The van der Waals surface area contributed by atoms with Gasteiger partial charge in [0.05, 0.1) is 25.1 Å². The zero-order valence-corrected chi connectivity index (χ0v) is 10.7. The molecule has 104 valence electrons. The Morgan fingerprint density at radius 1 is 1.35 bits per heavy atom. The fourth-order valence-electron chi connectivity index (χ4n) is 3.62. The first kappa shape index (κ1) is 11.8. The van der Waals surface area contributed by atoms with Crippen LogP contribution in [0.1, 0.15) is 12.5 Å². The molecule has 2 aliphatic carbocycles. The second kappa shape index (κ2) is 4.00. The Balaban J connectivity index is 1.84. The van der Waals surface area contributed by atoms with Crippen LogP contribution >= 0.6 is 0 Å². The summed E-state index contributed by atoms with van der Waals surface area (Å²) in [6, 6.07) is -0.147. The summed E-state index contributed by atoms with van der Waals surface area (Å²) in [5.41, 5.74) is 7.97. The number of nitrogen functional groups attached to an aromatic ring is 1. The van der Waals surface area contributed by atoms with Gasteiger partial charge in [0.1, 0.15) is 11.8 Å². The van der Waals surface area contributed by atoms with Gasteiger partial charge in [-0.1, -0.05) is 6.08 Å². The van der Waals surface area contributed by atoms with Crippen LogP contribution in [0.5, 0.6) is 0 Å². The summed E-state index contributed by atoms with van der Waals surface area (Å²) >= 11 is 0. The van der Waals surface area contributed by atoms with Crippen molar-refractivity contribution in [2.45, 2.75) is 18.6 Å². The predicted octanol–water partition coefficient (Wildman–Crippen LogP) is -0.121. The molecule has 0 aromatic carbocycles. The number of nitrogens with two attached hydrogens (primary N) is 1. The predicted molar refractivity (Wildman–Crippen MR) is 71.5 cm³/mol. The first-order chi connectivity index (χ1) is 9.70. The summed E-state index contributed by atoms with van der Waals surface area (Å²) < 4.78 is 1.87. The molecule has 2 bridgehead atoms. The van der Waals surface area contributed by atoms with Crippen LogP contribution in [0.15, 0.2) is 24.3 Å². The molecule has 7 nitrogen and oxygen atoms in total. The summed E-state index contributed by atoms with van der Waals surface area (Å²) in [6.45, 7) is 0.0359. The number of rotatable bonds is 2. The van der Waals surface area contributed by atoms with Crippen molar-refractivity contribution >= 4 is 17.0 Å². The molecule has 0 amide bonds. The molecule has 7 heteroatoms. The van der Waals surface area contributed by atoms with Crippen molar-refractivity contribution in [3.63, 3.8) is 0 Å². The Labute approximate surface area is 114 Å². The average molecular weight is 273 g/mol. The molecule has 20 heavy (non-hydrogen) atoms. The lowest BCUT2D eigenvalue weighted by Crippen LogP contribution is -2.30. The molecule has 2 aromatic rings. The van der Waals surface area contributed by atoms with Crippen LogP contribution in [0.2, 0.25) is 0 Å². The van der Waals surface area contributed by atoms with Gasteiger partial charge >= 0.3 is 0 Å². The van der Waals surface area contributed by atoms with E-state index in [9.17, 15) is 10.2 Å². The summed E-state index contributed by atoms with van der Waals surface area (Å²) in [5.74, 6) is 0.571. The van der Waals surface area contributed by atoms with Gasteiger partial charge in [0, 0.05) is 11.8 Å². The largest absolute Gasteiger partial charge is 0.392 e. The highest BCUT2D eigenvalue weighted by molar-refractivity contribution is 5.81. The van der Waals surface area contributed by atoms with Crippen molar-refractivity contribution in [3.05, 3.63) is 24.3 Å². The van der Waals surface area contributed by atoms with Gasteiger partial charge in [-0.25, -0.2) is 15.0 Å². The average Bonchev–Trinajstić information content (AvgIpc) is 3.11. The van der Waals surface area contributed by atoms with E-state index in [1.165, 1.54) is 6.33 Å².